The molecule has 0 saturated carbocycles. The number of benzene rings is 2. The van der Waals surface area contributed by atoms with Crippen LogP contribution in [0.4, 0.5) is 20.3 Å². The highest BCUT2D eigenvalue weighted by Gasteiger charge is 2.27. The molecule has 168 valence electrons. The number of halogens is 2. The Morgan fingerprint density at radius 2 is 1.79 bits per heavy atom. The van der Waals surface area contributed by atoms with E-state index < -0.39 is 0 Å². The van der Waals surface area contributed by atoms with Crippen LogP contribution in [0, 0.1) is 18.6 Å². The van der Waals surface area contributed by atoms with E-state index in [0.29, 0.717) is 35.9 Å². The molecule has 0 bridgehead atoms. The van der Waals surface area contributed by atoms with Crippen LogP contribution >= 0.6 is 0 Å². The van der Waals surface area contributed by atoms with Gasteiger partial charge < -0.3 is 15.2 Å². The van der Waals surface area contributed by atoms with E-state index in [-0.39, 0.29) is 23.6 Å². The number of fused-ring (bicyclic) bond motifs is 1. The molecule has 3 N–H and O–H groups in total. The Balaban J connectivity index is 1.29. The number of hydrogen-bond acceptors (Lipinski definition) is 4. The minimum absolute atomic E-state index is 0.144. The Labute approximate surface area is 188 Å². The molecule has 1 unspecified atom stereocenters. The number of carbonyl (C=O) groups is 1. The minimum atomic E-state index is -0.317. The van der Waals surface area contributed by atoms with Crippen molar-refractivity contribution in [1.82, 2.24) is 19.7 Å². The smallest absolute Gasteiger partial charge is 0.275 e. The summed E-state index contributed by atoms with van der Waals surface area (Å²) in [7, 11) is 0. The van der Waals surface area contributed by atoms with Crippen LogP contribution in [0.3, 0.4) is 0 Å². The van der Waals surface area contributed by atoms with Gasteiger partial charge in [0.25, 0.3) is 5.91 Å². The normalized spacial score (nSPS) is 15.2. The number of hydrogen-bond donors (Lipinski definition) is 3. The van der Waals surface area contributed by atoms with E-state index in [1.165, 1.54) is 24.3 Å². The van der Waals surface area contributed by atoms with Crippen molar-refractivity contribution in [2.75, 3.05) is 10.6 Å². The van der Waals surface area contributed by atoms with Crippen molar-refractivity contribution in [1.29, 1.82) is 0 Å². The van der Waals surface area contributed by atoms with Gasteiger partial charge in [-0.05, 0) is 67.4 Å². The largest absolute Gasteiger partial charge is 0.382 e. The predicted molar refractivity (Wildman–Crippen MR) is 121 cm³/mol. The van der Waals surface area contributed by atoms with E-state index in [2.05, 4.69) is 25.8 Å². The van der Waals surface area contributed by atoms with E-state index in [0.717, 1.165) is 23.5 Å². The summed E-state index contributed by atoms with van der Waals surface area (Å²) in [5.74, 6) is 0.336. The summed E-state index contributed by atoms with van der Waals surface area (Å²) in [5.41, 5.74) is 3.46. The molecule has 1 aliphatic rings. The highest BCUT2D eigenvalue weighted by atomic mass is 19.1. The lowest BCUT2D eigenvalue weighted by Crippen LogP contribution is -2.32. The zero-order valence-electron chi connectivity index (χ0n) is 17.9. The van der Waals surface area contributed by atoms with Crippen LogP contribution in [0.2, 0.25) is 0 Å². The third-order valence-electron chi connectivity index (χ3n) is 5.76. The second-order valence-corrected chi connectivity index (χ2v) is 8.08. The lowest BCUT2D eigenvalue weighted by molar-refractivity contribution is 0.101. The summed E-state index contributed by atoms with van der Waals surface area (Å²) in [4.78, 5) is 17.7. The van der Waals surface area contributed by atoms with Crippen LogP contribution in [0.5, 0.6) is 0 Å². The van der Waals surface area contributed by atoms with E-state index >= 15 is 0 Å². The van der Waals surface area contributed by atoms with Gasteiger partial charge in [0.05, 0.1) is 11.4 Å². The number of H-pyrrole nitrogens is 1. The van der Waals surface area contributed by atoms with Gasteiger partial charge in [0.15, 0.2) is 5.82 Å². The van der Waals surface area contributed by atoms with E-state index in [1.54, 1.807) is 30.3 Å². The minimum Gasteiger partial charge on any atom is -0.382 e. The lowest BCUT2D eigenvalue weighted by Gasteiger charge is -2.26. The number of aryl methyl sites for hydroxylation is 1. The molecule has 2 aromatic heterocycles. The Bertz CT molecular complexity index is 1290. The summed E-state index contributed by atoms with van der Waals surface area (Å²) in [5, 5.41) is 13.3. The molecule has 0 fully saturated rings. The van der Waals surface area contributed by atoms with Gasteiger partial charge in [-0.2, -0.15) is 5.10 Å². The monoisotopic (exact) mass is 448 g/mol. The van der Waals surface area contributed by atoms with Crippen molar-refractivity contribution in [3.63, 3.8) is 0 Å². The first-order valence-electron chi connectivity index (χ1n) is 10.7. The lowest BCUT2D eigenvalue weighted by atomic mass is 10.1. The summed E-state index contributed by atoms with van der Waals surface area (Å²) < 4.78 is 28.2. The van der Waals surface area contributed by atoms with Crippen molar-refractivity contribution in [3.8, 4) is 11.3 Å². The molecule has 7 nitrogen and oxygen atoms in total. The summed E-state index contributed by atoms with van der Waals surface area (Å²) in [6.07, 6.45) is 1.46. The molecule has 2 aromatic carbocycles. The fourth-order valence-corrected chi connectivity index (χ4v) is 4.17. The average molecular weight is 448 g/mol. The number of rotatable bonds is 5. The average Bonchev–Trinajstić information content (AvgIpc) is 3.39. The fraction of sp³-hybridized carbons (Fsp3) is 0.208. The second kappa shape index (κ2) is 8.50. The molecule has 4 aromatic rings. The van der Waals surface area contributed by atoms with Crippen molar-refractivity contribution >= 4 is 17.4 Å². The summed E-state index contributed by atoms with van der Waals surface area (Å²) >= 11 is 0. The van der Waals surface area contributed by atoms with E-state index in [9.17, 15) is 13.6 Å². The standard InChI is InChI=1S/C24H22F2N6O/c1-14-23(24(33)29-21-13-20(30-31-21)15-2-4-16(25)5-3-15)32-11-10-19(12-22(32)27-14)28-18-8-6-17(26)7-9-18/h2-9,13,19,28H,10-12H2,1H3,(H2,29,30,31,33). The number of nitrogens with zero attached hydrogens (tertiary/aromatic N) is 3. The van der Waals surface area contributed by atoms with Gasteiger partial charge in [-0.3, -0.25) is 9.89 Å². The number of aromatic amines is 1. The van der Waals surface area contributed by atoms with Crippen molar-refractivity contribution in [3.05, 3.63) is 83.4 Å². The molecule has 5 rings (SSSR count). The number of nitrogens with one attached hydrogen (secondary N) is 3. The maximum atomic E-state index is 13.2. The van der Waals surface area contributed by atoms with Gasteiger partial charge in [-0.25, -0.2) is 13.8 Å². The number of amides is 1. The summed E-state index contributed by atoms with van der Waals surface area (Å²) in [6.45, 7) is 2.45. The Morgan fingerprint density at radius 3 is 2.52 bits per heavy atom. The molecule has 9 heteroatoms. The van der Waals surface area contributed by atoms with Crippen LogP contribution in [-0.4, -0.2) is 31.7 Å². The SMILES string of the molecule is Cc1nc2n(c1C(=O)Nc1cc(-c3ccc(F)cc3)[nH]n1)CCC(Nc1ccc(F)cc1)C2. The highest BCUT2D eigenvalue weighted by molar-refractivity contribution is 6.03. The van der Waals surface area contributed by atoms with Gasteiger partial charge in [-0.1, -0.05) is 0 Å². The number of aromatic nitrogens is 4. The quantitative estimate of drug-likeness (QED) is 0.418. The Morgan fingerprint density at radius 1 is 1.09 bits per heavy atom. The maximum Gasteiger partial charge on any atom is 0.275 e. The van der Waals surface area contributed by atoms with Gasteiger partial charge >= 0.3 is 0 Å². The fourth-order valence-electron chi connectivity index (χ4n) is 4.17. The third kappa shape index (κ3) is 4.34. The van der Waals surface area contributed by atoms with Crippen LogP contribution in [-0.2, 0) is 13.0 Å². The predicted octanol–water partition coefficient (Wildman–Crippen LogP) is 4.54. The second-order valence-electron chi connectivity index (χ2n) is 8.08. The molecule has 0 spiro atoms. The molecule has 0 saturated heterocycles. The van der Waals surface area contributed by atoms with Crippen LogP contribution in [0.15, 0.2) is 54.6 Å². The van der Waals surface area contributed by atoms with Crippen LogP contribution in [0.25, 0.3) is 11.3 Å². The van der Waals surface area contributed by atoms with Gasteiger partial charge in [0.1, 0.15) is 23.2 Å². The van der Waals surface area contributed by atoms with Crippen molar-refractivity contribution in [2.45, 2.75) is 32.4 Å². The van der Waals surface area contributed by atoms with Crippen molar-refractivity contribution in [2.24, 2.45) is 0 Å². The van der Waals surface area contributed by atoms with Crippen LogP contribution in [0.1, 0.15) is 28.4 Å². The van der Waals surface area contributed by atoms with Crippen molar-refractivity contribution < 1.29 is 13.6 Å². The zero-order valence-corrected chi connectivity index (χ0v) is 17.9. The molecular formula is C24H22F2N6O. The first-order valence-corrected chi connectivity index (χ1v) is 10.7. The van der Waals surface area contributed by atoms with E-state index in [4.69, 9.17) is 0 Å². The number of carbonyl (C=O) groups excluding carboxylic acids is 1. The van der Waals surface area contributed by atoms with Gasteiger partial charge in [0, 0.05) is 30.8 Å². The molecule has 1 amide bonds. The molecular weight excluding hydrogens is 426 g/mol. The first-order chi connectivity index (χ1) is 16.0. The topological polar surface area (TPSA) is 87.6 Å². The molecule has 1 aliphatic heterocycles. The van der Waals surface area contributed by atoms with E-state index in [1.807, 2.05) is 11.5 Å². The molecule has 0 radical (unpaired) electrons. The van der Waals surface area contributed by atoms with Crippen LogP contribution < -0.4 is 10.6 Å². The summed E-state index contributed by atoms with van der Waals surface area (Å²) in [6, 6.07) is 14.1. The van der Waals surface area contributed by atoms with Gasteiger partial charge in [0.2, 0.25) is 0 Å². The highest BCUT2D eigenvalue weighted by Crippen LogP contribution is 2.24. The van der Waals surface area contributed by atoms with Gasteiger partial charge in [-0.15, -0.1) is 0 Å². The number of imidazole rings is 1. The third-order valence-corrected chi connectivity index (χ3v) is 5.76. The maximum absolute atomic E-state index is 13.2. The Hall–Kier alpha value is -4.01. The Kier molecular flexibility index (Phi) is 5.37. The molecule has 33 heavy (non-hydrogen) atoms. The first kappa shape index (κ1) is 20.9. The molecule has 0 aliphatic carbocycles. The molecule has 1 atom stereocenters. The number of anilines is 2. The molecule has 3 heterocycles. The zero-order chi connectivity index (χ0) is 22.9.